The Bertz CT molecular complexity index is 1270. The Morgan fingerprint density at radius 1 is 0.274 bits per heavy atom. The first-order valence-electron chi connectivity index (χ1n) is 32.1. The van der Waals surface area contributed by atoms with Crippen LogP contribution in [0, 0.1) is 0 Å². The maximum absolute atomic E-state index is 12.9. The number of unbranched alkanes of at least 4 members (excludes halogenated alkanes) is 40. The third kappa shape index (κ3) is 60.1. The van der Waals surface area contributed by atoms with Crippen molar-refractivity contribution in [3.63, 3.8) is 0 Å². The van der Waals surface area contributed by atoms with E-state index >= 15 is 0 Å². The number of rotatable bonds is 59. The van der Waals surface area contributed by atoms with Gasteiger partial charge in [0, 0.05) is 19.3 Å². The first-order valence-corrected chi connectivity index (χ1v) is 32.1. The second-order valence-electron chi connectivity index (χ2n) is 21.7. The molecule has 0 fully saturated rings. The highest BCUT2D eigenvalue weighted by molar-refractivity contribution is 5.71. The zero-order valence-corrected chi connectivity index (χ0v) is 48.9. The number of carbonyl (C=O) groups excluding carboxylic acids is 3. The molecular weight excluding hydrogens is 901 g/mol. The molecule has 0 rings (SSSR count). The van der Waals surface area contributed by atoms with Crippen LogP contribution in [0.1, 0.15) is 342 Å². The van der Waals surface area contributed by atoms with Crippen molar-refractivity contribution in [2.45, 2.75) is 348 Å². The van der Waals surface area contributed by atoms with Crippen LogP contribution < -0.4 is 0 Å². The number of esters is 3. The lowest BCUT2D eigenvalue weighted by Gasteiger charge is -2.18. The minimum absolute atomic E-state index is 0.0745. The lowest BCUT2D eigenvalue weighted by molar-refractivity contribution is -0.167. The molecule has 0 aromatic rings. The van der Waals surface area contributed by atoms with Crippen molar-refractivity contribution < 1.29 is 28.6 Å². The van der Waals surface area contributed by atoms with E-state index < -0.39 is 6.10 Å². The normalized spacial score (nSPS) is 12.3. The van der Waals surface area contributed by atoms with Crippen LogP contribution in [0.3, 0.4) is 0 Å². The van der Waals surface area contributed by atoms with Crippen molar-refractivity contribution in [3.8, 4) is 0 Å². The molecule has 1 atom stereocenters. The van der Waals surface area contributed by atoms with E-state index in [9.17, 15) is 14.4 Å². The van der Waals surface area contributed by atoms with E-state index in [2.05, 4.69) is 69.4 Å². The first kappa shape index (κ1) is 70.4. The smallest absolute Gasteiger partial charge is 0.306 e. The lowest BCUT2D eigenvalue weighted by atomic mass is 10.0. The molecular formula is C67H122O6. The monoisotopic (exact) mass is 1020 g/mol. The van der Waals surface area contributed by atoms with Crippen molar-refractivity contribution in [2.24, 2.45) is 0 Å². The van der Waals surface area contributed by atoms with E-state index in [1.807, 2.05) is 0 Å². The van der Waals surface area contributed by atoms with Crippen LogP contribution in [0.2, 0.25) is 0 Å². The highest BCUT2D eigenvalue weighted by Gasteiger charge is 2.19. The second kappa shape index (κ2) is 61.9. The maximum Gasteiger partial charge on any atom is 0.306 e. The van der Waals surface area contributed by atoms with Gasteiger partial charge < -0.3 is 14.2 Å². The van der Waals surface area contributed by atoms with E-state index in [0.29, 0.717) is 19.3 Å². The van der Waals surface area contributed by atoms with Gasteiger partial charge in [-0.25, -0.2) is 0 Å². The molecule has 0 aliphatic carbocycles. The van der Waals surface area contributed by atoms with E-state index in [1.165, 1.54) is 238 Å². The fourth-order valence-electron chi connectivity index (χ4n) is 9.41. The zero-order valence-electron chi connectivity index (χ0n) is 48.9. The van der Waals surface area contributed by atoms with Crippen LogP contribution in [-0.2, 0) is 28.6 Å². The van der Waals surface area contributed by atoms with Gasteiger partial charge in [-0.15, -0.1) is 0 Å². The van der Waals surface area contributed by atoms with Gasteiger partial charge in [-0.3, -0.25) is 14.4 Å². The molecule has 0 aliphatic rings. The van der Waals surface area contributed by atoms with Crippen LogP contribution >= 0.6 is 0 Å². The molecule has 0 bridgehead atoms. The van der Waals surface area contributed by atoms with Crippen LogP contribution in [0.5, 0.6) is 0 Å². The van der Waals surface area contributed by atoms with Gasteiger partial charge in [-0.2, -0.15) is 0 Å². The summed E-state index contributed by atoms with van der Waals surface area (Å²) in [6, 6.07) is 0. The fourth-order valence-corrected chi connectivity index (χ4v) is 9.41. The van der Waals surface area contributed by atoms with Gasteiger partial charge >= 0.3 is 17.9 Å². The Labute approximate surface area is 454 Å². The summed E-state index contributed by atoms with van der Waals surface area (Å²) >= 11 is 0. The Morgan fingerprint density at radius 3 is 0.808 bits per heavy atom. The SMILES string of the molecule is CCCCC/C=C\C/C=C\CCCCCCCCCCCC(=O)OC[C@H](COC(=O)CCCCCCCCC/C=C\CCCCCC)OC(=O)CCCCCCCCCCCCC/C=C\CCCCCCCC. The summed E-state index contributed by atoms with van der Waals surface area (Å²) in [5, 5.41) is 0. The average Bonchev–Trinajstić information content (AvgIpc) is 3.39. The summed E-state index contributed by atoms with van der Waals surface area (Å²) in [4.78, 5) is 38.3. The van der Waals surface area contributed by atoms with E-state index in [1.54, 1.807) is 0 Å². The molecule has 0 aromatic carbocycles. The minimum Gasteiger partial charge on any atom is -0.462 e. The summed E-state index contributed by atoms with van der Waals surface area (Å²) < 4.78 is 16.9. The van der Waals surface area contributed by atoms with Crippen LogP contribution in [-0.4, -0.2) is 37.2 Å². The van der Waals surface area contributed by atoms with Gasteiger partial charge in [0.05, 0.1) is 0 Å². The van der Waals surface area contributed by atoms with Gasteiger partial charge in [0.25, 0.3) is 0 Å². The average molecular weight is 1020 g/mol. The molecule has 0 unspecified atom stereocenters. The Hall–Kier alpha value is -2.63. The van der Waals surface area contributed by atoms with Gasteiger partial charge in [0.2, 0.25) is 0 Å². The largest absolute Gasteiger partial charge is 0.462 e. The summed E-state index contributed by atoms with van der Waals surface area (Å²) in [6.45, 7) is 6.64. The summed E-state index contributed by atoms with van der Waals surface area (Å²) in [5.74, 6) is -0.864. The first-order chi connectivity index (χ1) is 36.0. The van der Waals surface area contributed by atoms with Crippen LogP contribution in [0.15, 0.2) is 48.6 Å². The number of allylic oxidation sites excluding steroid dienone is 8. The minimum atomic E-state index is -0.777. The van der Waals surface area contributed by atoms with E-state index in [0.717, 1.165) is 64.2 Å². The summed E-state index contributed by atoms with van der Waals surface area (Å²) in [5.41, 5.74) is 0. The fraction of sp³-hybridized carbons (Fsp3) is 0.836. The zero-order chi connectivity index (χ0) is 52.9. The molecule has 0 saturated heterocycles. The van der Waals surface area contributed by atoms with E-state index in [4.69, 9.17) is 14.2 Å². The van der Waals surface area contributed by atoms with Gasteiger partial charge in [0.15, 0.2) is 6.10 Å². The molecule has 73 heavy (non-hydrogen) atoms. The second-order valence-corrected chi connectivity index (χ2v) is 21.7. The standard InChI is InChI=1S/C67H122O6/c1-4-7-10-13-16-19-22-25-28-30-32-33-35-37-40-43-46-49-52-55-58-61-67(70)73-64(62-71-65(68)59-56-53-50-47-44-41-38-27-24-21-18-15-12-9-6-3)63-72-66(69)60-57-54-51-48-45-42-39-36-34-31-29-26-23-20-17-14-11-8-5-2/h17,20-21,24-26,28-29,64H,4-16,18-19,22-23,27,30-63H2,1-3H3/b20-17-,24-21-,28-25-,29-26-/t64-/m0/s1. The highest BCUT2D eigenvalue weighted by Crippen LogP contribution is 2.17. The Kier molecular flexibility index (Phi) is 59.7. The van der Waals surface area contributed by atoms with Gasteiger partial charge in [-0.1, -0.05) is 268 Å². The Morgan fingerprint density at radius 2 is 0.493 bits per heavy atom. The summed E-state index contributed by atoms with van der Waals surface area (Å²) in [6.07, 6.45) is 76.8. The topological polar surface area (TPSA) is 78.9 Å². The number of ether oxygens (including phenoxy) is 3. The number of hydrogen-bond acceptors (Lipinski definition) is 6. The molecule has 0 radical (unpaired) electrons. The van der Waals surface area contributed by atoms with Crippen molar-refractivity contribution in [2.75, 3.05) is 13.2 Å². The molecule has 0 aromatic heterocycles. The molecule has 0 saturated carbocycles. The number of hydrogen-bond donors (Lipinski definition) is 0. The third-order valence-electron chi connectivity index (χ3n) is 14.3. The highest BCUT2D eigenvalue weighted by atomic mass is 16.6. The molecule has 0 aliphatic heterocycles. The van der Waals surface area contributed by atoms with Crippen LogP contribution in [0.25, 0.3) is 0 Å². The molecule has 6 nitrogen and oxygen atoms in total. The number of carbonyl (C=O) groups is 3. The molecule has 6 heteroatoms. The van der Waals surface area contributed by atoms with Crippen molar-refractivity contribution >= 4 is 17.9 Å². The molecule has 0 N–H and O–H groups in total. The van der Waals surface area contributed by atoms with Crippen molar-refractivity contribution in [1.29, 1.82) is 0 Å². The maximum atomic E-state index is 12.9. The van der Waals surface area contributed by atoms with Crippen LogP contribution in [0.4, 0.5) is 0 Å². The quantitative estimate of drug-likeness (QED) is 0.0261. The molecule has 0 amide bonds. The molecule has 0 heterocycles. The van der Waals surface area contributed by atoms with E-state index in [-0.39, 0.29) is 31.1 Å². The molecule has 0 spiro atoms. The van der Waals surface area contributed by atoms with Gasteiger partial charge in [-0.05, 0) is 103 Å². The summed E-state index contributed by atoms with van der Waals surface area (Å²) in [7, 11) is 0. The predicted molar refractivity (Wildman–Crippen MR) is 316 cm³/mol. The lowest BCUT2D eigenvalue weighted by Crippen LogP contribution is -2.30. The Balaban J connectivity index is 4.34. The third-order valence-corrected chi connectivity index (χ3v) is 14.3. The molecule has 426 valence electrons. The van der Waals surface area contributed by atoms with Gasteiger partial charge in [0.1, 0.15) is 13.2 Å². The van der Waals surface area contributed by atoms with Crippen molar-refractivity contribution in [1.82, 2.24) is 0 Å². The van der Waals surface area contributed by atoms with Crippen molar-refractivity contribution in [3.05, 3.63) is 48.6 Å². The predicted octanol–water partition coefficient (Wildman–Crippen LogP) is 21.8.